The zero-order chi connectivity index (χ0) is 22.8. The van der Waals surface area contributed by atoms with Crippen LogP contribution in [0.5, 0.6) is 0 Å². The number of rotatable bonds is 5. The number of likely N-dealkylation sites (tertiary alicyclic amines) is 1. The zero-order valence-corrected chi connectivity index (χ0v) is 18.1. The molecule has 4 rings (SSSR count). The van der Waals surface area contributed by atoms with Crippen LogP contribution in [0.3, 0.4) is 0 Å². The summed E-state index contributed by atoms with van der Waals surface area (Å²) in [4.78, 5) is 27.6. The molecule has 172 valence electrons. The predicted octanol–water partition coefficient (Wildman–Crippen LogP) is 2.33. The van der Waals surface area contributed by atoms with Crippen molar-refractivity contribution in [3.63, 3.8) is 0 Å². The van der Waals surface area contributed by atoms with Gasteiger partial charge in [0.25, 0.3) is 5.91 Å². The molecule has 2 unspecified atom stereocenters. The monoisotopic (exact) mass is 447 g/mol. The predicted molar refractivity (Wildman–Crippen MR) is 111 cm³/mol. The number of nitrogens with zero attached hydrogens (tertiary/aromatic N) is 4. The van der Waals surface area contributed by atoms with Gasteiger partial charge >= 0.3 is 5.97 Å². The van der Waals surface area contributed by atoms with Crippen LogP contribution in [0.2, 0.25) is 0 Å². The number of benzene rings is 1. The largest absolute Gasteiger partial charge is 0.469 e. The van der Waals surface area contributed by atoms with Gasteiger partial charge in [0.15, 0.2) is 11.5 Å². The molecular weight excluding hydrogens is 420 g/mol. The average Bonchev–Trinajstić information content (AvgIpc) is 3.43. The van der Waals surface area contributed by atoms with Gasteiger partial charge in [-0.15, -0.1) is 5.10 Å². The second-order valence-corrected chi connectivity index (χ2v) is 8.61. The minimum absolute atomic E-state index is 0.0237. The Balaban J connectivity index is 1.46. The van der Waals surface area contributed by atoms with Crippen molar-refractivity contribution in [1.29, 1.82) is 0 Å². The topological polar surface area (TPSA) is 89.4 Å². The third kappa shape index (κ3) is 4.50. The number of ether oxygens (including phenoxy) is 1. The van der Waals surface area contributed by atoms with E-state index in [1.54, 1.807) is 0 Å². The summed E-state index contributed by atoms with van der Waals surface area (Å²) in [5.41, 5.74) is -0.0476. The maximum atomic E-state index is 14.0. The number of piperidine rings is 1. The van der Waals surface area contributed by atoms with Crippen molar-refractivity contribution in [2.45, 2.75) is 44.7 Å². The fourth-order valence-electron chi connectivity index (χ4n) is 4.90. The van der Waals surface area contributed by atoms with Gasteiger partial charge in [0.05, 0.1) is 19.2 Å². The Labute approximate surface area is 184 Å². The molecule has 1 aromatic carbocycles. The van der Waals surface area contributed by atoms with Crippen molar-refractivity contribution in [3.05, 3.63) is 41.7 Å². The van der Waals surface area contributed by atoms with Crippen molar-refractivity contribution in [1.82, 2.24) is 25.2 Å². The zero-order valence-electron chi connectivity index (χ0n) is 18.1. The minimum atomic E-state index is -0.818. The van der Waals surface area contributed by atoms with Crippen LogP contribution in [0.1, 0.15) is 43.1 Å². The molecule has 0 bridgehead atoms. The first-order chi connectivity index (χ1) is 15.4. The normalized spacial score (nSPS) is 26.1. The summed E-state index contributed by atoms with van der Waals surface area (Å²) >= 11 is 0. The van der Waals surface area contributed by atoms with E-state index in [0.29, 0.717) is 24.9 Å². The highest BCUT2D eigenvalue weighted by Crippen LogP contribution is 2.32. The van der Waals surface area contributed by atoms with E-state index in [4.69, 9.17) is 4.74 Å². The lowest BCUT2D eigenvalue weighted by Crippen LogP contribution is -2.56. The number of methoxy groups -OCH3 is 1. The van der Waals surface area contributed by atoms with Crippen LogP contribution in [-0.2, 0) is 9.53 Å². The first kappa shape index (κ1) is 22.3. The molecule has 2 aromatic rings. The molecule has 10 heteroatoms. The van der Waals surface area contributed by atoms with Gasteiger partial charge in [0.2, 0.25) is 0 Å². The number of aromatic nitrogens is 3. The summed E-state index contributed by atoms with van der Waals surface area (Å²) in [6, 6.07) is 3.09. The minimum Gasteiger partial charge on any atom is -0.469 e. The second kappa shape index (κ2) is 9.32. The summed E-state index contributed by atoms with van der Waals surface area (Å²) in [6.07, 6.45) is 5.38. The maximum absolute atomic E-state index is 14.0. The molecule has 1 aliphatic carbocycles. The van der Waals surface area contributed by atoms with E-state index in [1.807, 2.05) is 0 Å². The van der Waals surface area contributed by atoms with E-state index in [2.05, 4.69) is 27.5 Å². The summed E-state index contributed by atoms with van der Waals surface area (Å²) in [7, 11) is 1.35. The molecule has 2 aliphatic rings. The second-order valence-electron chi connectivity index (χ2n) is 8.61. The van der Waals surface area contributed by atoms with E-state index in [0.717, 1.165) is 29.8 Å². The fourth-order valence-corrected chi connectivity index (χ4v) is 4.90. The van der Waals surface area contributed by atoms with Crippen molar-refractivity contribution < 1.29 is 23.1 Å². The van der Waals surface area contributed by atoms with E-state index >= 15 is 0 Å². The van der Waals surface area contributed by atoms with E-state index in [-0.39, 0.29) is 17.4 Å². The molecule has 32 heavy (non-hydrogen) atoms. The first-order valence-corrected chi connectivity index (χ1v) is 10.9. The molecule has 1 N–H and O–H groups in total. The summed E-state index contributed by atoms with van der Waals surface area (Å²) in [6.45, 7) is 3.55. The third-order valence-electron chi connectivity index (χ3n) is 6.63. The van der Waals surface area contributed by atoms with Gasteiger partial charge in [-0.25, -0.2) is 13.5 Å². The Morgan fingerprint density at radius 2 is 2.03 bits per heavy atom. The number of carbonyl (C=O) groups is 2. The van der Waals surface area contributed by atoms with Crippen molar-refractivity contribution in [3.8, 4) is 5.69 Å². The van der Waals surface area contributed by atoms with Gasteiger partial charge in [0.1, 0.15) is 11.5 Å². The maximum Gasteiger partial charge on any atom is 0.312 e. The SMILES string of the molecule is COC(=O)[C@@H]1CN(C2CCCC2C)CC[C@H]1NC(=O)c1cn(-c2ccc(F)cc2F)nn1. The summed E-state index contributed by atoms with van der Waals surface area (Å²) in [5, 5.41) is 10.5. The number of esters is 1. The number of carbonyl (C=O) groups excluding carboxylic acids is 2. The lowest BCUT2D eigenvalue weighted by molar-refractivity contribution is -0.148. The molecule has 1 saturated heterocycles. The standard InChI is InChI=1S/C22H27F2N5O3/c1-13-4-3-5-19(13)28-9-8-17(15(11-28)22(31)32-2)25-21(30)18-12-29(27-26-18)20-7-6-14(23)10-16(20)24/h6-7,10,12-13,15,17,19H,3-5,8-9,11H2,1-2H3,(H,25,30)/t13?,15-,17-,19?/m1/s1. The van der Waals surface area contributed by atoms with Gasteiger partial charge in [-0.2, -0.15) is 0 Å². The molecule has 1 aliphatic heterocycles. The molecule has 8 nitrogen and oxygen atoms in total. The van der Waals surface area contributed by atoms with Crippen LogP contribution >= 0.6 is 0 Å². The lowest BCUT2D eigenvalue weighted by Gasteiger charge is -2.41. The Hall–Kier alpha value is -2.88. The number of hydrogen-bond donors (Lipinski definition) is 1. The molecule has 2 fully saturated rings. The Kier molecular flexibility index (Phi) is 6.50. The number of halogens is 2. The van der Waals surface area contributed by atoms with Gasteiger partial charge in [-0.3, -0.25) is 14.5 Å². The van der Waals surface area contributed by atoms with Crippen LogP contribution in [-0.4, -0.2) is 64.1 Å². The third-order valence-corrected chi connectivity index (χ3v) is 6.63. The van der Waals surface area contributed by atoms with Crippen molar-refractivity contribution >= 4 is 11.9 Å². The van der Waals surface area contributed by atoms with Gasteiger partial charge in [-0.1, -0.05) is 18.6 Å². The summed E-state index contributed by atoms with van der Waals surface area (Å²) < 4.78 is 33.2. The molecule has 1 amide bonds. The Morgan fingerprint density at radius 1 is 1.22 bits per heavy atom. The van der Waals surface area contributed by atoms with Crippen LogP contribution in [0.15, 0.2) is 24.4 Å². The molecule has 1 aromatic heterocycles. The van der Waals surface area contributed by atoms with Crippen LogP contribution in [0, 0.1) is 23.5 Å². The van der Waals surface area contributed by atoms with E-state index < -0.39 is 29.5 Å². The number of hydrogen-bond acceptors (Lipinski definition) is 6. The molecule has 0 spiro atoms. The van der Waals surface area contributed by atoms with E-state index in [1.165, 1.54) is 32.2 Å². The molecule has 0 radical (unpaired) electrons. The number of nitrogens with one attached hydrogen (secondary N) is 1. The number of amides is 1. The van der Waals surface area contributed by atoms with Crippen LogP contribution < -0.4 is 5.32 Å². The van der Waals surface area contributed by atoms with Crippen LogP contribution in [0.25, 0.3) is 5.69 Å². The van der Waals surface area contributed by atoms with E-state index in [9.17, 15) is 18.4 Å². The average molecular weight is 447 g/mol. The van der Waals surface area contributed by atoms with Gasteiger partial charge < -0.3 is 10.1 Å². The highest BCUT2D eigenvalue weighted by atomic mass is 19.1. The fraction of sp³-hybridized carbons (Fsp3) is 0.545. The lowest BCUT2D eigenvalue weighted by atomic mass is 9.89. The van der Waals surface area contributed by atoms with Gasteiger partial charge in [0, 0.05) is 31.2 Å². The van der Waals surface area contributed by atoms with Crippen molar-refractivity contribution in [2.24, 2.45) is 11.8 Å². The molecule has 1 saturated carbocycles. The highest BCUT2D eigenvalue weighted by Gasteiger charge is 2.40. The quantitative estimate of drug-likeness (QED) is 0.708. The van der Waals surface area contributed by atoms with Gasteiger partial charge in [-0.05, 0) is 37.3 Å². The van der Waals surface area contributed by atoms with Crippen molar-refractivity contribution in [2.75, 3.05) is 20.2 Å². The highest BCUT2D eigenvalue weighted by molar-refractivity contribution is 5.92. The Bertz CT molecular complexity index is 998. The first-order valence-electron chi connectivity index (χ1n) is 10.9. The van der Waals surface area contributed by atoms with Crippen LogP contribution in [0.4, 0.5) is 8.78 Å². The summed E-state index contributed by atoms with van der Waals surface area (Å²) in [5.74, 6) is -2.31. The molecule has 4 atom stereocenters. The molecular formula is C22H27F2N5O3. The molecule has 2 heterocycles. The Morgan fingerprint density at radius 3 is 2.72 bits per heavy atom. The smallest absolute Gasteiger partial charge is 0.312 e.